The van der Waals surface area contributed by atoms with Gasteiger partial charge in [-0.1, -0.05) is 44.2 Å². The molecule has 3 heteroatoms. The summed E-state index contributed by atoms with van der Waals surface area (Å²) in [5.41, 5.74) is 2.41. The molecule has 1 N–H and O–H groups in total. The Bertz CT molecular complexity index is 535. The first-order chi connectivity index (χ1) is 9.65. The van der Waals surface area contributed by atoms with E-state index in [2.05, 4.69) is 59.5 Å². The standard InChI is InChI=1S/C17H23N3/c1-13(2)17-19-14(3)12-16(20-17)18-11-7-10-15-8-5-4-6-9-15/h4-6,8-9,12-13H,7,10-11H2,1-3H3,(H,18,19,20). The van der Waals surface area contributed by atoms with E-state index in [1.807, 2.05) is 13.0 Å². The molecule has 0 aliphatic rings. The van der Waals surface area contributed by atoms with Crippen molar-refractivity contribution in [2.24, 2.45) is 0 Å². The second kappa shape index (κ2) is 7.04. The van der Waals surface area contributed by atoms with Gasteiger partial charge in [0.2, 0.25) is 0 Å². The minimum Gasteiger partial charge on any atom is -0.370 e. The number of rotatable bonds is 6. The number of nitrogens with zero attached hydrogens (tertiary/aromatic N) is 2. The van der Waals surface area contributed by atoms with Crippen molar-refractivity contribution in [2.45, 2.75) is 39.5 Å². The predicted molar refractivity (Wildman–Crippen MR) is 84.1 cm³/mol. The van der Waals surface area contributed by atoms with Gasteiger partial charge in [-0.25, -0.2) is 9.97 Å². The number of aromatic nitrogens is 2. The molecule has 20 heavy (non-hydrogen) atoms. The molecule has 0 radical (unpaired) electrons. The van der Waals surface area contributed by atoms with Crippen molar-refractivity contribution >= 4 is 5.82 Å². The Hall–Kier alpha value is -1.90. The highest BCUT2D eigenvalue weighted by Gasteiger charge is 2.05. The molecule has 0 saturated carbocycles. The molecule has 2 rings (SSSR count). The molecule has 0 bridgehead atoms. The van der Waals surface area contributed by atoms with Crippen molar-refractivity contribution in [3.05, 3.63) is 53.5 Å². The van der Waals surface area contributed by atoms with Crippen LogP contribution in [0.2, 0.25) is 0 Å². The third kappa shape index (κ3) is 4.34. The minimum atomic E-state index is 0.361. The Morgan fingerprint density at radius 3 is 2.55 bits per heavy atom. The fraction of sp³-hybridized carbons (Fsp3) is 0.412. The molecule has 1 aromatic carbocycles. The summed E-state index contributed by atoms with van der Waals surface area (Å²) in [7, 11) is 0. The predicted octanol–water partition coefficient (Wildman–Crippen LogP) is 3.95. The fourth-order valence-electron chi connectivity index (χ4n) is 2.09. The highest BCUT2D eigenvalue weighted by Crippen LogP contribution is 2.13. The summed E-state index contributed by atoms with van der Waals surface area (Å²) in [6, 6.07) is 12.6. The van der Waals surface area contributed by atoms with Gasteiger partial charge in [0.1, 0.15) is 11.6 Å². The van der Waals surface area contributed by atoms with Crippen LogP contribution in [0.3, 0.4) is 0 Å². The summed E-state index contributed by atoms with van der Waals surface area (Å²) >= 11 is 0. The van der Waals surface area contributed by atoms with Gasteiger partial charge in [0.25, 0.3) is 0 Å². The first-order valence-corrected chi connectivity index (χ1v) is 7.28. The molecule has 106 valence electrons. The van der Waals surface area contributed by atoms with Gasteiger partial charge in [-0.05, 0) is 25.3 Å². The lowest BCUT2D eigenvalue weighted by Crippen LogP contribution is -2.08. The third-order valence-corrected chi connectivity index (χ3v) is 3.18. The van der Waals surface area contributed by atoms with E-state index < -0.39 is 0 Å². The van der Waals surface area contributed by atoms with Gasteiger partial charge >= 0.3 is 0 Å². The highest BCUT2D eigenvalue weighted by atomic mass is 15.0. The zero-order valence-corrected chi connectivity index (χ0v) is 12.6. The van der Waals surface area contributed by atoms with Crippen molar-refractivity contribution in [3.8, 4) is 0 Å². The lowest BCUT2D eigenvalue weighted by atomic mass is 10.1. The molecule has 0 amide bonds. The lowest BCUT2D eigenvalue weighted by Gasteiger charge is -2.10. The molecular weight excluding hydrogens is 246 g/mol. The van der Waals surface area contributed by atoms with E-state index in [1.54, 1.807) is 0 Å². The second-order valence-electron chi connectivity index (χ2n) is 5.42. The third-order valence-electron chi connectivity index (χ3n) is 3.18. The van der Waals surface area contributed by atoms with Crippen LogP contribution < -0.4 is 5.32 Å². The van der Waals surface area contributed by atoms with Gasteiger partial charge < -0.3 is 5.32 Å². The number of hydrogen-bond acceptors (Lipinski definition) is 3. The Morgan fingerprint density at radius 2 is 1.85 bits per heavy atom. The van der Waals surface area contributed by atoms with Crippen molar-refractivity contribution < 1.29 is 0 Å². The molecule has 1 heterocycles. The van der Waals surface area contributed by atoms with E-state index in [1.165, 1.54) is 5.56 Å². The SMILES string of the molecule is Cc1cc(NCCCc2ccccc2)nc(C(C)C)n1. The zero-order chi connectivity index (χ0) is 14.4. The Labute approximate surface area is 121 Å². The highest BCUT2D eigenvalue weighted by molar-refractivity contribution is 5.36. The minimum absolute atomic E-state index is 0.361. The van der Waals surface area contributed by atoms with E-state index in [9.17, 15) is 0 Å². The van der Waals surface area contributed by atoms with E-state index in [0.29, 0.717) is 5.92 Å². The van der Waals surface area contributed by atoms with Crippen LogP contribution in [0.25, 0.3) is 0 Å². The molecule has 2 aromatic rings. The molecule has 0 aliphatic heterocycles. The van der Waals surface area contributed by atoms with E-state index in [4.69, 9.17) is 0 Å². The van der Waals surface area contributed by atoms with Gasteiger partial charge in [0.05, 0.1) is 0 Å². The average Bonchev–Trinajstić information content (AvgIpc) is 2.44. The normalized spacial score (nSPS) is 10.8. The van der Waals surface area contributed by atoms with E-state index >= 15 is 0 Å². The topological polar surface area (TPSA) is 37.8 Å². The van der Waals surface area contributed by atoms with Crippen LogP contribution in [0.15, 0.2) is 36.4 Å². The van der Waals surface area contributed by atoms with Crippen molar-refractivity contribution in [3.63, 3.8) is 0 Å². The molecular formula is C17H23N3. The largest absolute Gasteiger partial charge is 0.370 e. The van der Waals surface area contributed by atoms with Crippen LogP contribution in [0.1, 0.15) is 43.3 Å². The molecule has 0 spiro atoms. The summed E-state index contributed by atoms with van der Waals surface area (Å²) in [6.45, 7) is 7.19. The second-order valence-corrected chi connectivity index (χ2v) is 5.42. The summed E-state index contributed by atoms with van der Waals surface area (Å²) < 4.78 is 0. The van der Waals surface area contributed by atoms with Crippen molar-refractivity contribution in [1.29, 1.82) is 0 Å². The summed E-state index contributed by atoms with van der Waals surface area (Å²) in [6.07, 6.45) is 2.19. The maximum Gasteiger partial charge on any atom is 0.133 e. The van der Waals surface area contributed by atoms with Crippen LogP contribution in [-0.2, 0) is 6.42 Å². The van der Waals surface area contributed by atoms with Crippen molar-refractivity contribution in [1.82, 2.24) is 9.97 Å². The lowest BCUT2D eigenvalue weighted by molar-refractivity contribution is 0.764. The fourth-order valence-corrected chi connectivity index (χ4v) is 2.09. The first kappa shape index (κ1) is 14.5. The molecule has 0 aliphatic carbocycles. The summed E-state index contributed by atoms with van der Waals surface area (Å²) in [5, 5.41) is 3.40. The van der Waals surface area contributed by atoms with Gasteiger partial charge in [-0.15, -0.1) is 0 Å². The number of aryl methyl sites for hydroxylation is 2. The number of anilines is 1. The molecule has 0 saturated heterocycles. The molecule has 0 unspecified atom stereocenters. The van der Waals surface area contributed by atoms with E-state index in [0.717, 1.165) is 36.7 Å². The van der Waals surface area contributed by atoms with Crippen LogP contribution in [0, 0.1) is 6.92 Å². The number of hydrogen-bond donors (Lipinski definition) is 1. The first-order valence-electron chi connectivity index (χ1n) is 7.28. The monoisotopic (exact) mass is 269 g/mol. The van der Waals surface area contributed by atoms with Gasteiger partial charge in [-0.3, -0.25) is 0 Å². The molecule has 0 atom stereocenters. The molecule has 3 nitrogen and oxygen atoms in total. The maximum absolute atomic E-state index is 4.56. The van der Waals surface area contributed by atoms with Gasteiger partial charge in [0.15, 0.2) is 0 Å². The Kier molecular flexibility index (Phi) is 5.10. The molecule has 1 aromatic heterocycles. The maximum atomic E-state index is 4.56. The average molecular weight is 269 g/mol. The van der Waals surface area contributed by atoms with Crippen LogP contribution in [-0.4, -0.2) is 16.5 Å². The summed E-state index contributed by atoms with van der Waals surface area (Å²) in [4.78, 5) is 9.01. The van der Waals surface area contributed by atoms with Gasteiger partial charge in [-0.2, -0.15) is 0 Å². The number of benzene rings is 1. The molecule has 0 fully saturated rings. The van der Waals surface area contributed by atoms with Crippen molar-refractivity contribution in [2.75, 3.05) is 11.9 Å². The number of nitrogens with one attached hydrogen (secondary N) is 1. The quantitative estimate of drug-likeness (QED) is 0.807. The Morgan fingerprint density at radius 1 is 1.10 bits per heavy atom. The zero-order valence-electron chi connectivity index (χ0n) is 12.6. The van der Waals surface area contributed by atoms with Crippen LogP contribution in [0.5, 0.6) is 0 Å². The summed E-state index contributed by atoms with van der Waals surface area (Å²) in [5.74, 6) is 2.21. The Balaban J connectivity index is 1.85. The van der Waals surface area contributed by atoms with Crippen LogP contribution >= 0.6 is 0 Å². The smallest absolute Gasteiger partial charge is 0.133 e. The van der Waals surface area contributed by atoms with Crippen LogP contribution in [0.4, 0.5) is 5.82 Å². The van der Waals surface area contributed by atoms with E-state index in [-0.39, 0.29) is 0 Å². The van der Waals surface area contributed by atoms with Gasteiger partial charge in [0, 0.05) is 24.2 Å².